The Labute approximate surface area is 330 Å². The molecule has 0 aliphatic carbocycles. The first kappa shape index (κ1) is 41.1. The largest absolute Gasteiger partial charge is 0.543 e. The molecule has 2 aliphatic rings. The summed E-state index contributed by atoms with van der Waals surface area (Å²) in [6.45, 7) is 23.8. The maximum Gasteiger partial charge on any atom is 0.408 e. The molecule has 12 heteroatoms. The van der Waals surface area contributed by atoms with Gasteiger partial charge in [0, 0.05) is 29.3 Å². The average Bonchev–Trinajstić information content (AvgIpc) is 3.36. The first-order chi connectivity index (χ1) is 24.7. The molecule has 1 fully saturated rings. The second-order valence-corrected chi connectivity index (χ2v) is 24.1. The topological polar surface area (TPSA) is 122 Å². The molecule has 0 spiro atoms. The van der Waals surface area contributed by atoms with Gasteiger partial charge in [0.2, 0.25) is 0 Å². The number of aromatic amines is 1. The van der Waals surface area contributed by atoms with E-state index in [2.05, 4.69) is 124 Å². The van der Waals surface area contributed by atoms with E-state index in [1.165, 1.54) is 10.6 Å². The van der Waals surface area contributed by atoms with E-state index in [0.29, 0.717) is 42.4 Å². The van der Waals surface area contributed by atoms with Crippen LogP contribution >= 0.6 is 22.6 Å². The molecule has 2 atom stereocenters. The fourth-order valence-electron chi connectivity index (χ4n) is 8.21. The van der Waals surface area contributed by atoms with Gasteiger partial charge < -0.3 is 24.2 Å². The Bertz CT molecular complexity index is 1810. The van der Waals surface area contributed by atoms with Crippen molar-refractivity contribution in [1.29, 1.82) is 0 Å². The number of alkyl carbamates (subject to hydrolysis) is 1. The number of halogens is 1. The van der Waals surface area contributed by atoms with Crippen LogP contribution in [-0.2, 0) is 31.9 Å². The monoisotopic (exact) mass is 858 g/mol. The molecule has 1 aromatic heterocycles. The Morgan fingerprint density at radius 1 is 1.02 bits per heavy atom. The highest BCUT2D eigenvalue weighted by Gasteiger charge is 2.47. The van der Waals surface area contributed by atoms with E-state index in [1.54, 1.807) is 20.8 Å². The molecular formula is C41H59IN4O6Si. The fraction of sp³-hybridized carbons (Fsp3) is 0.585. The van der Waals surface area contributed by atoms with E-state index in [0.717, 1.165) is 37.0 Å². The number of H-pyrrole nitrogens is 1. The van der Waals surface area contributed by atoms with Gasteiger partial charge >= 0.3 is 12.1 Å². The molecule has 0 radical (unpaired) electrons. The van der Waals surface area contributed by atoms with Gasteiger partial charge in [0.05, 0.1) is 10.3 Å². The van der Waals surface area contributed by atoms with Crippen molar-refractivity contribution < 1.29 is 28.3 Å². The van der Waals surface area contributed by atoms with Crippen LogP contribution < -0.4 is 15.2 Å². The zero-order valence-corrected chi connectivity index (χ0v) is 36.5. The maximum atomic E-state index is 14.4. The lowest BCUT2D eigenvalue weighted by Gasteiger charge is -2.42. The van der Waals surface area contributed by atoms with E-state index < -0.39 is 38.1 Å². The number of fused-ring (bicyclic) bond motifs is 6. The van der Waals surface area contributed by atoms with Gasteiger partial charge in [-0.25, -0.2) is 10.2 Å². The summed E-state index contributed by atoms with van der Waals surface area (Å²) in [7, 11) is -2.37. The summed E-state index contributed by atoms with van der Waals surface area (Å²) in [5.41, 5.74) is 8.10. The first-order valence-electron chi connectivity index (χ1n) is 19.1. The van der Waals surface area contributed by atoms with Crippen molar-refractivity contribution in [2.45, 2.75) is 136 Å². The maximum absolute atomic E-state index is 14.4. The van der Waals surface area contributed by atoms with Crippen molar-refractivity contribution in [2.75, 3.05) is 13.2 Å². The number of nitrogens with zero attached hydrogens (tertiary/aromatic N) is 1. The van der Waals surface area contributed by atoms with Gasteiger partial charge in [0.25, 0.3) is 14.2 Å². The molecule has 3 N–H and O–H groups in total. The number of amides is 2. The molecule has 0 unspecified atom stereocenters. The first-order valence-corrected chi connectivity index (χ1v) is 22.3. The minimum Gasteiger partial charge on any atom is -0.543 e. The molecule has 3 aromatic rings. The van der Waals surface area contributed by atoms with Crippen LogP contribution in [0.15, 0.2) is 36.4 Å². The second kappa shape index (κ2) is 15.9. The minimum absolute atomic E-state index is 0.179. The van der Waals surface area contributed by atoms with E-state index >= 15 is 0 Å². The van der Waals surface area contributed by atoms with Crippen molar-refractivity contribution in [2.24, 2.45) is 5.41 Å². The number of rotatable bonds is 6. The van der Waals surface area contributed by atoms with Crippen molar-refractivity contribution in [3.63, 3.8) is 0 Å². The number of hydrogen-bond donors (Lipinski definition) is 3. The number of carbonyl (C=O) groups excluding carboxylic acids is 3. The van der Waals surface area contributed by atoms with Crippen LogP contribution in [0.2, 0.25) is 16.6 Å². The highest BCUT2D eigenvalue weighted by Crippen LogP contribution is 2.44. The smallest absolute Gasteiger partial charge is 0.408 e. The van der Waals surface area contributed by atoms with Crippen LogP contribution in [0.5, 0.6) is 5.75 Å². The molecule has 5 rings (SSSR count). The van der Waals surface area contributed by atoms with Crippen LogP contribution in [0.1, 0.15) is 100 Å². The van der Waals surface area contributed by atoms with Crippen LogP contribution in [-0.4, -0.2) is 67.1 Å². The van der Waals surface area contributed by atoms with Crippen molar-refractivity contribution >= 4 is 59.8 Å². The summed E-state index contributed by atoms with van der Waals surface area (Å²) in [5, 5.41) is 5.45. The molecule has 2 amide bonds. The third-order valence-electron chi connectivity index (χ3n) is 10.6. The van der Waals surface area contributed by atoms with Gasteiger partial charge in [-0.3, -0.25) is 14.6 Å². The molecule has 2 aliphatic heterocycles. The number of ether oxygens (including phenoxy) is 2. The fourth-order valence-corrected chi connectivity index (χ4v) is 14.2. The molecule has 10 nitrogen and oxygen atoms in total. The zero-order chi connectivity index (χ0) is 39.0. The standard InChI is InChI=1S/C41H59IN4O6Si/c1-24(2)53(25(3)4,26(5)6)52-30-18-27-17-29(20-30)28-14-15-33-31(21-28)32(36(42)43-33)22-41(10,11)23-50-38(48)34-13-12-16-46(45-34)37(47)35(19-27)44-39(49)51-40(7,8)9/h14-15,17-18,20-21,24-26,34-35,43,45H,12-13,16,19,22-23H2,1-11H3,(H,44,49)/t34-,35-/m0/s1. The minimum atomic E-state index is -2.37. The van der Waals surface area contributed by atoms with E-state index in [1.807, 2.05) is 6.07 Å². The molecule has 1 saturated heterocycles. The van der Waals surface area contributed by atoms with Gasteiger partial charge in [-0.05, 0) is 126 Å². The molecule has 6 bridgehead atoms. The third-order valence-corrected chi connectivity index (χ3v) is 17.5. The lowest BCUT2D eigenvalue weighted by Crippen LogP contribution is -2.60. The summed E-state index contributed by atoms with van der Waals surface area (Å²) < 4.78 is 19.9. The highest BCUT2D eigenvalue weighted by atomic mass is 127. The number of carbonyl (C=O) groups is 3. The number of benzene rings is 2. The average molecular weight is 859 g/mol. The molecule has 53 heavy (non-hydrogen) atoms. The van der Waals surface area contributed by atoms with E-state index in [9.17, 15) is 14.4 Å². The number of nitrogens with one attached hydrogen (secondary N) is 3. The third kappa shape index (κ3) is 9.41. The van der Waals surface area contributed by atoms with Gasteiger partial charge in [0.15, 0.2) is 0 Å². The molecule has 0 saturated carbocycles. The van der Waals surface area contributed by atoms with Crippen molar-refractivity contribution in [1.82, 2.24) is 20.7 Å². The van der Waals surface area contributed by atoms with Crippen molar-refractivity contribution in [3.8, 4) is 16.9 Å². The Morgan fingerprint density at radius 2 is 1.70 bits per heavy atom. The number of hydrazine groups is 1. The lowest BCUT2D eigenvalue weighted by atomic mass is 9.86. The summed E-state index contributed by atoms with van der Waals surface area (Å²) in [4.78, 5) is 44.7. The second-order valence-electron chi connectivity index (χ2n) is 17.6. The van der Waals surface area contributed by atoms with Crippen LogP contribution in [0.3, 0.4) is 0 Å². The number of esters is 1. The molecule has 290 valence electrons. The zero-order valence-electron chi connectivity index (χ0n) is 33.4. The number of cyclic esters (lactones) is 1. The number of aromatic nitrogens is 1. The summed E-state index contributed by atoms with van der Waals surface area (Å²) in [6, 6.07) is 11.0. The predicted octanol–water partition coefficient (Wildman–Crippen LogP) is 9.05. The SMILES string of the molecule is CC(C)[Si](Oc1cc2cc(c1)-c1ccc3[nH]c(I)c(c3c1)CC(C)(C)COC(=O)[C@@H]1CCCN(N1)C(=O)[C@@H](NC(=O)OC(C)(C)C)C2)(C(C)C)C(C)C. The highest BCUT2D eigenvalue weighted by molar-refractivity contribution is 14.1. The Hall–Kier alpha value is -3.10. The van der Waals surface area contributed by atoms with Gasteiger partial charge in [-0.1, -0.05) is 67.5 Å². The quantitative estimate of drug-likeness (QED) is 0.129. The van der Waals surface area contributed by atoms with Crippen LogP contribution in [0, 0.1) is 9.12 Å². The van der Waals surface area contributed by atoms with Gasteiger partial charge in [0.1, 0.15) is 23.4 Å². The molecule has 3 heterocycles. The summed E-state index contributed by atoms with van der Waals surface area (Å²) >= 11 is 2.37. The van der Waals surface area contributed by atoms with E-state index in [-0.39, 0.29) is 24.3 Å². The Balaban J connectivity index is 1.70. The predicted molar refractivity (Wildman–Crippen MR) is 221 cm³/mol. The van der Waals surface area contributed by atoms with Crippen LogP contribution in [0.25, 0.3) is 22.0 Å². The summed E-state index contributed by atoms with van der Waals surface area (Å²) in [5.74, 6) is 0.0138. The number of hydrogen-bond acceptors (Lipinski definition) is 7. The Kier molecular flexibility index (Phi) is 12.3. The van der Waals surface area contributed by atoms with Gasteiger partial charge in [-0.15, -0.1) is 0 Å². The lowest BCUT2D eigenvalue weighted by molar-refractivity contribution is -0.155. The van der Waals surface area contributed by atoms with Gasteiger partial charge in [-0.2, -0.15) is 0 Å². The normalized spacial score (nSPS) is 20.1. The summed E-state index contributed by atoms with van der Waals surface area (Å²) in [6.07, 6.45) is 1.33. The van der Waals surface area contributed by atoms with E-state index in [4.69, 9.17) is 13.9 Å². The van der Waals surface area contributed by atoms with Crippen LogP contribution in [0.4, 0.5) is 4.79 Å². The molecular weight excluding hydrogens is 799 g/mol. The Morgan fingerprint density at radius 3 is 2.34 bits per heavy atom. The molecule has 2 aromatic carbocycles. The van der Waals surface area contributed by atoms with Crippen molar-refractivity contribution in [3.05, 3.63) is 51.2 Å².